The fourth-order valence-corrected chi connectivity index (χ4v) is 6.28. The molecule has 1 aliphatic heterocycles. The van der Waals surface area contributed by atoms with Crippen molar-refractivity contribution in [3.63, 3.8) is 0 Å². The van der Waals surface area contributed by atoms with Gasteiger partial charge in [-0.25, -0.2) is 0 Å². The van der Waals surface area contributed by atoms with Crippen molar-refractivity contribution in [1.29, 1.82) is 0 Å². The minimum atomic E-state index is -0.396. The molecule has 2 aromatic rings. The number of carbonyl (C=O) groups is 2. The second kappa shape index (κ2) is 12.2. The van der Waals surface area contributed by atoms with Crippen LogP contribution in [0.5, 0.6) is 11.5 Å². The normalized spacial score (nSPS) is 17.9. The molecule has 2 aliphatic carbocycles. The zero-order valence-corrected chi connectivity index (χ0v) is 23.9. The lowest BCUT2D eigenvalue weighted by atomic mass is 9.71. The van der Waals surface area contributed by atoms with Gasteiger partial charge in [-0.05, 0) is 67.5 Å². The van der Waals surface area contributed by atoms with Crippen molar-refractivity contribution in [2.45, 2.75) is 57.5 Å². The summed E-state index contributed by atoms with van der Waals surface area (Å²) in [4.78, 5) is 29.2. The van der Waals surface area contributed by atoms with Crippen molar-refractivity contribution in [3.8, 4) is 11.5 Å². The van der Waals surface area contributed by atoms with Crippen molar-refractivity contribution in [2.75, 3.05) is 27.4 Å². The van der Waals surface area contributed by atoms with Gasteiger partial charge in [-0.15, -0.1) is 0 Å². The first-order valence-corrected chi connectivity index (χ1v) is 14.2. The number of methoxy groups -OCH3 is 2. The van der Waals surface area contributed by atoms with Gasteiger partial charge in [-0.3, -0.25) is 9.59 Å². The van der Waals surface area contributed by atoms with Gasteiger partial charge in [0.05, 0.1) is 17.2 Å². The van der Waals surface area contributed by atoms with Crippen LogP contribution in [-0.2, 0) is 20.9 Å². The molecule has 0 radical (unpaired) electrons. The first kappa shape index (κ1) is 27.8. The Bertz CT molecular complexity index is 1300. The van der Waals surface area contributed by atoms with E-state index >= 15 is 0 Å². The van der Waals surface area contributed by atoms with E-state index in [1.54, 1.807) is 26.4 Å². The average molecular weight is 571 g/mol. The predicted octanol–water partition coefficient (Wildman–Crippen LogP) is 7.03. The third kappa shape index (κ3) is 5.60. The average Bonchev–Trinajstić information content (AvgIpc) is 2.94. The highest BCUT2D eigenvalue weighted by Gasteiger charge is 2.43. The van der Waals surface area contributed by atoms with Gasteiger partial charge in [0, 0.05) is 61.6 Å². The molecular formula is C31H33Cl2NO5. The second-order valence-corrected chi connectivity index (χ2v) is 11.0. The molecule has 0 saturated carbocycles. The summed E-state index contributed by atoms with van der Waals surface area (Å²) in [6.07, 6.45) is 5.14. The van der Waals surface area contributed by atoms with Crippen LogP contribution >= 0.6 is 23.2 Å². The molecule has 206 valence electrons. The van der Waals surface area contributed by atoms with Crippen LogP contribution < -0.4 is 9.47 Å². The van der Waals surface area contributed by atoms with Gasteiger partial charge in [-0.2, -0.15) is 0 Å². The minimum absolute atomic E-state index is 0.127. The molecule has 0 amide bonds. The third-order valence-corrected chi connectivity index (χ3v) is 8.46. The summed E-state index contributed by atoms with van der Waals surface area (Å²) in [6.45, 7) is 1.66. The van der Waals surface area contributed by atoms with E-state index in [2.05, 4.69) is 4.90 Å². The third-order valence-electron chi connectivity index (χ3n) is 7.72. The molecule has 39 heavy (non-hydrogen) atoms. The summed E-state index contributed by atoms with van der Waals surface area (Å²) in [6, 6.07) is 11.1. The van der Waals surface area contributed by atoms with E-state index in [1.807, 2.05) is 24.3 Å². The van der Waals surface area contributed by atoms with E-state index in [9.17, 15) is 9.59 Å². The van der Waals surface area contributed by atoms with E-state index in [0.717, 1.165) is 72.3 Å². The summed E-state index contributed by atoms with van der Waals surface area (Å²) < 4.78 is 17.1. The van der Waals surface area contributed by atoms with Crippen LogP contribution in [0, 0.1) is 0 Å². The molecule has 3 aliphatic rings. The van der Waals surface area contributed by atoms with Crippen molar-refractivity contribution >= 4 is 34.8 Å². The molecule has 1 heterocycles. The van der Waals surface area contributed by atoms with Crippen molar-refractivity contribution in [1.82, 2.24) is 4.90 Å². The zero-order valence-electron chi connectivity index (χ0n) is 22.4. The van der Waals surface area contributed by atoms with Crippen molar-refractivity contribution in [2.24, 2.45) is 0 Å². The Balaban J connectivity index is 1.52. The molecule has 0 saturated heterocycles. The van der Waals surface area contributed by atoms with Crippen LogP contribution in [0.2, 0.25) is 10.0 Å². The predicted molar refractivity (Wildman–Crippen MR) is 151 cm³/mol. The Labute approximate surface area is 239 Å². The molecule has 0 bridgehead atoms. The maximum absolute atomic E-state index is 13.5. The Morgan fingerprint density at radius 3 is 2.15 bits per heavy atom. The van der Waals surface area contributed by atoms with Crippen molar-refractivity contribution in [3.05, 3.63) is 80.1 Å². The number of ether oxygens (including phenoxy) is 3. The van der Waals surface area contributed by atoms with E-state index < -0.39 is 5.92 Å². The quantitative estimate of drug-likeness (QED) is 0.302. The van der Waals surface area contributed by atoms with Crippen LogP contribution in [0.15, 0.2) is 58.9 Å². The Kier molecular flexibility index (Phi) is 8.65. The monoisotopic (exact) mass is 569 g/mol. The number of ketones is 2. The van der Waals surface area contributed by atoms with Gasteiger partial charge >= 0.3 is 0 Å². The number of Topliss-reactive ketones (excluding diaryl/α,β-unsaturated/α-hetero) is 2. The van der Waals surface area contributed by atoms with Gasteiger partial charge in [0.2, 0.25) is 0 Å². The number of allylic oxidation sites excluding steroid dienone is 4. The number of nitrogens with zero attached hydrogens (tertiary/aromatic N) is 1. The van der Waals surface area contributed by atoms with Crippen LogP contribution in [0.3, 0.4) is 0 Å². The van der Waals surface area contributed by atoms with Gasteiger partial charge in [0.25, 0.3) is 0 Å². The maximum Gasteiger partial charge on any atom is 0.161 e. The molecule has 5 rings (SSSR count). The molecule has 0 atom stereocenters. The Morgan fingerprint density at radius 1 is 0.846 bits per heavy atom. The second-order valence-electron chi connectivity index (χ2n) is 10.2. The smallest absolute Gasteiger partial charge is 0.161 e. The Morgan fingerprint density at radius 2 is 1.54 bits per heavy atom. The summed E-state index contributed by atoms with van der Waals surface area (Å²) in [7, 11) is 3.29. The van der Waals surface area contributed by atoms with Crippen LogP contribution in [0.1, 0.15) is 62.0 Å². The summed E-state index contributed by atoms with van der Waals surface area (Å²) in [5.74, 6) is 0.972. The number of hydrogen-bond donors (Lipinski definition) is 0. The SMILES string of the molecule is COCCCN1C2=C(C(=O)CCC2)C(c2ccc(OCc3ccc(Cl)c(Cl)c3)c(OC)c2)C2=C1CCCC2=O. The van der Waals surface area contributed by atoms with E-state index in [1.165, 1.54) is 0 Å². The number of benzene rings is 2. The van der Waals surface area contributed by atoms with Crippen molar-refractivity contribution < 1.29 is 23.8 Å². The molecule has 0 unspecified atom stereocenters. The van der Waals surface area contributed by atoms with Crippen LogP contribution in [-0.4, -0.2) is 43.8 Å². The first-order chi connectivity index (χ1) is 18.9. The molecule has 0 fully saturated rings. The van der Waals surface area contributed by atoms with Gasteiger partial charge in [-0.1, -0.05) is 35.3 Å². The molecule has 2 aromatic carbocycles. The van der Waals surface area contributed by atoms with Crippen LogP contribution in [0.25, 0.3) is 0 Å². The van der Waals surface area contributed by atoms with Gasteiger partial charge < -0.3 is 19.1 Å². The van der Waals surface area contributed by atoms with Crippen LogP contribution in [0.4, 0.5) is 0 Å². The largest absolute Gasteiger partial charge is 0.493 e. The number of rotatable bonds is 9. The molecule has 0 spiro atoms. The Hall–Kier alpha value is -2.80. The van der Waals surface area contributed by atoms with E-state index in [0.29, 0.717) is 41.0 Å². The zero-order chi connectivity index (χ0) is 27.5. The minimum Gasteiger partial charge on any atom is -0.493 e. The topological polar surface area (TPSA) is 65.1 Å². The summed E-state index contributed by atoms with van der Waals surface area (Å²) in [5.41, 5.74) is 5.41. The molecule has 0 aromatic heterocycles. The first-order valence-electron chi connectivity index (χ1n) is 13.5. The highest BCUT2D eigenvalue weighted by Crippen LogP contribution is 2.50. The van der Waals surface area contributed by atoms with E-state index in [-0.39, 0.29) is 18.2 Å². The highest BCUT2D eigenvalue weighted by atomic mass is 35.5. The lowest BCUT2D eigenvalue weighted by Crippen LogP contribution is -2.39. The number of halogens is 2. The molecule has 6 nitrogen and oxygen atoms in total. The fraction of sp³-hybridized carbons (Fsp3) is 0.419. The summed E-state index contributed by atoms with van der Waals surface area (Å²) in [5, 5.41) is 0.958. The fourth-order valence-electron chi connectivity index (χ4n) is 5.96. The maximum atomic E-state index is 13.5. The molecule has 0 N–H and O–H groups in total. The molecular weight excluding hydrogens is 537 g/mol. The lowest BCUT2D eigenvalue weighted by Gasteiger charge is -2.44. The highest BCUT2D eigenvalue weighted by molar-refractivity contribution is 6.42. The van der Waals surface area contributed by atoms with Gasteiger partial charge in [0.1, 0.15) is 6.61 Å². The standard InChI is InChI=1S/C31H33Cl2NO5/c1-37-15-5-14-34-23-6-3-8-25(35)30(23)29(31-24(34)7-4-9-26(31)36)20-11-13-27(28(17-20)38-2)39-18-19-10-12-21(32)22(33)16-19/h10-13,16-17,29H,3-9,14-15,18H2,1-2H3. The number of hydrogen-bond acceptors (Lipinski definition) is 6. The van der Waals surface area contributed by atoms with E-state index in [4.69, 9.17) is 37.4 Å². The molecule has 8 heteroatoms. The number of carbonyl (C=O) groups excluding carboxylic acids is 2. The van der Waals surface area contributed by atoms with Gasteiger partial charge in [0.15, 0.2) is 23.1 Å². The lowest BCUT2D eigenvalue weighted by molar-refractivity contribution is -0.117. The summed E-state index contributed by atoms with van der Waals surface area (Å²) >= 11 is 12.2.